The number of halogens is 1. The zero-order chi connectivity index (χ0) is 19.6. The fourth-order valence-corrected chi connectivity index (χ4v) is 3.30. The largest absolute Gasteiger partial charge is 0.448 e. The van der Waals surface area contributed by atoms with Crippen molar-refractivity contribution in [1.82, 2.24) is 0 Å². The maximum absolute atomic E-state index is 13.7. The number of nitrogens with one attached hydrogen (secondary N) is 1. The first-order chi connectivity index (χ1) is 12.8. The van der Waals surface area contributed by atoms with Crippen LogP contribution in [-0.2, 0) is 9.53 Å². The predicted molar refractivity (Wildman–Crippen MR) is 98.4 cm³/mol. The van der Waals surface area contributed by atoms with Crippen LogP contribution in [0.2, 0.25) is 0 Å². The summed E-state index contributed by atoms with van der Waals surface area (Å²) in [5.74, 6) is -1.84. The number of carbonyl (C=O) groups excluding carboxylic acids is 2. The Bertz CT molecular complexity index is 1050. The Morgan fingerprint density at radius 1 is 1.22 bits per heavy atom. The van der Waals surface area contributed by atoms with Gasteiger partial charge in [0, 0.05) is 27.9 Å². The molecule has 1 unspecified atom stereocenters. The number of nitro benzene ring substituents is 1. The van der Waals surface area contributed by atoms with Crippen LogP contribution in [0.4, 0.5) is 15.8 Å². The monoisotopic (exact) mass is 388 g/mol. The number of nitro groups is 1. The lowest BCUT2D eigenvalue weighted by Crippen LogP contribution is -2.29. The Morgan fingerprint density at radius 3 is 2.67 bits per heavy atom. The van der Waals surface area contributed by atoms with Crippen LogP contribution >= 0.6 is 11.3 Å². The average molecular weight is 388 g/mol. The Labute approximate surface area is 156 Å². The van der Waals surface area contributed by atoms with Gasteiger partial charge in [-0.2, -0.15) is 0 Å². The number of nitrogens with zero attached hydrogens (tertiary/aromatic N) is 1. The van der Waals surface area contributed by atoms with Gasteiger partial charge in [0.25, 0.3) is 11.6 Å². The van der Waals surface area contributed by atoms with E-state index < -0.39 is 28.7 Å². The third-order valence-corrected chi connectivity index (χ3v) is 4.77. The van der Waals surface area contributed by atoms with Gasteiger partial charge >= 0.3 is 5.97 Å². The molecule has 0 aliphatic heterocycles. The van der Waals surface area contributed by atoms with Crippen molar-refractivity contribution in [3.63, 3.8) is 0 Å². The van der Waals surface area contributed by atoms with Crippen molar-refractivity contribution in [1.29, 1.82) is 0 Å². The smallest absolute Gasteiger partial charge is 0.349 e. The normalized spacial score (nSPS) is 11.8. The van der Waals surface area contributed by atoms with Gasteiger partial charge < -0.3 is 10.1 Å². The zero-order valence-corrected chi connectivity index (χ0v) is 14.8. The molecule has 2 aromatic carbocycles. The number of anilines is 1. The molecule has 138 valence electrons. The fourth-order valence-electron chi connectivity index (χ4n) is 2.34. The molecule has 1 aromatic heterocycles. The van der Waals surface area contributed by atoms with Crippen LogP contribution in [0.15, 0.2) is 48.5 Å². The summed E-state index contributed by atoms with van der Waals surface area (Å²) in [5, 5.41) is 13.5. The van der Waals surface area contributed by atoms with E-state index >= 15 is 0 Å². The summed E-state index contributed by atoms with van der Waals surface area (Å²) in [4.78, 5) is 34.8. The van der Waals surface area contributed by atoms with E-state index in [4.69, 9.17) is 4.74 Å². The fraction of sp³-hybridized carbons (Fsp3) is 0.111. The van der Waals surface area contributed by atoms with Gasteiger partial charge in [-0.05, 0) is 31.2 Å². The zero-order valence-electron chi connectivity index (χ0n) is 14.0. The van der Waals surface area contributed by atoms with Crippen molar-refractivity contribution in [2.75, 3.05) is 5.32 Å². The van der Waals surface area contributed by atoms with Gasteiger partial charge in [0.15, 0.2) is 6.10 Å². The maximum Gasteiger partial charge on any atom is 0.349 e. The van der Waals surface area contributed by atoms with Crippen LogP contribution < -0.4 is 5.32 Å². The minimum atomic E-state index is -1.15. The van der Waals surface area contributed by atoms with Crippen LogP contribution in [0.25, 0.3) is 10.1 Å². The molecule has 0 bridgehead atoms. The molecule has 1 atom stereocenters. The van der Waals surface area contributed by atoms with E-state index in [1.54, 1.807) is 12.1 Å². The van der Waals surface area contributed by atoms with Gasteiger partial charge in [-0.1, -0.05) is 12.1 Å². The second-order valence-electron chi connectivity index (χ2n) is 5.61. The van der Waals surface area contributed by atoms with E-state index in [1.165, 1.54) is 43.3 Å². The maximum atomic E-state index is 13.7. The van der Waals surface area contributed by atoms with Crippen molar-refractivity contribution in [2.45, 2.75) is 13.0 Å². The minimum absolute atomic E-state index is 0.171. The number of fused-ring (bicyclic) bond motifs is 1. The van der Waals surface area contributed by atoms with Crippen LogP contribution in [0.3, 0.4) is 0 Å². The Morgan fingerprint density at radius 2 is 1.96 bits per heavy atom. The van der Waals surface area contributed by atoms with E-state index in [9.17, 15) is 24.1 Å². The summed E-state index contributed by atoms with van der Waals surface area (Å²) in [5.41, 5.74) is 0.0331. The van der Waals surface area contributed by atoms with Crippen molar-refractivity contribution in [2.24, 2.45) is 0 Å². The summed E-state index contributed by atoms with van der Waals surface area (Å²) in [7, 11) is 0. The molecule has 1 heterocycles. The Kier molecular flexibility index (Phi) is 5.13. The molecule has 3 aromatic rings. The highest BCUT2D eigenvalue weighted by Crippen LogP contribution is 2.28. The molecule has 0 spiro atoms. The van der Waals surface area contributed by atoms with Crippen LogP contribution in [0.1, 0.15) is 16.6 Å². The lowest BCUT2D eigenvalue weighted by molar-refractivity contribution is -0.384. The highest BCUT2D eigenvalue weighted by Gasteiger charge is 2.21. The van der Waals surface area contributed by atoms with Crippen molar-refractivity contribution in [3.8, 4) is 0 Å². The molecule has 0 fully saturated rings. The average Bonchev–Trinajstić information content (AvgIpc) is 3.07. The van der Waals surface area contributed by atoms with Gasteiger partial charge in [0.1, 0.15) is 10.7 Å². The van der Waals surface area contributed by atoms with E-state index in [2.05, 4.69) is 5.32 Å². The summed E-state index contributed by atoms with van der Waals surface area (Å²) < 4.78 is 19.4. The lowest BCUT2D eigenvalue weighted by atomic mass is 10.2. The molecule has 0 saturated heterocycles. The number of rotatable bonds is 5. The number of benzene rings is 2. The highest BCUT2D eigenvalue weighted by atomic mass is 32.1. The number of ether oxygens (including phenoxy) is 1. The van der Waals surface area contributed by atoms with E-state index in [-0.39, 0.29) is 16.3 Å². The first kappa shape index (κ1) is 18.5. The third-order valence-electron chi connectivity index (χ3n) is 3.69. The van der Waals surface area contributed by atoms with Crippen molar-refractivity contribution >= 4 is 44.7 Å². The standard InChI is InChI=1S/C18H13FN2O5S/c1-10(17(22)20-11-4-2-5-12(8-11)21(24)25)26-18(23)16-9-13-14(19)6-3-7-15(13)27-16/h2-10H,1H3,(H,20,22). The van der Waals surface area contributed by atoms with Crippen LogP contribution in [0, 0.1) is 15.9 Å². The van der Waals surface area contributed by atoms with E-state index in [1.807, 2.05) is 0 Å². The van der Waals surface area contributed by atoms with Crippen molar-refractivity contribution in [3.05, 3.63) is 69.3 Å². The van der Waals surface area contributed by atoms with Gasteiger partial charge in [0.05, 0.1) is 4.92 Å². The van der Waals surface area contributed by atoms with Crippen LogP contribution in [0.5, 0.6) is 0 Å². The Hall–Kier alpha value is -3.33. The topological polar surface area (TPSA) is 98.5 Å². The molecule has 1 amide bonds. The first-order valence-electron chi connectivity index (χ1n) is 7.79. The van der Waals surface area contributed by atoms with Gasteiger partial charge in [0.2, 0.25) is 0 Å². The number of esters is 1. The Balaban J connectivity index is 1.68. The second-order valence-corrected chi connectivity index (χ2v) is 6.69. The number of carbonyl (C=O) groups is 2. The lowest BCUT2D eigenvalue weighted by Gasteiger charge is -2.12. The van der Waals surface area contributed by atoms with Gasteiger partial charge in [-0.3, -0.25) is 14.9 Å². The first-order valence-corrected chi connectivity index (χ1v) is 8.61. The number of hydrogen-bond acceptors (Lipinski definition) is 6. The molecule has 1 N–H and O–H groups in total. The molecular weight excluding hydrogens is 375 g/mol. The molecular formula is C18H13FN2O5S. The molecule has 0 aliphatic carbocycles. The molecule has 3 rings (SSSR count). The molecule has 0 radical (unpaired) electrons. The number of amides is 1. The molecule has 0 aliphatic rings. The summed E-state index contributed by atoms with van der Waals surface area (Å²) in [6.45, 7) is 1.37. The van der Waals surface area contributed by atoms with Crippen molar-refractivity contribution < 1.29 is 23.6 Å². The molecule has 9 heteroatoms. The van der Waals surface area contributed by atoms with Gasteiger partial charge in [-0.25, -0.2) is 9.18 Å². The summed E-state index contributed by atoms with van der Waals surface area (Å²) >= 11 is 1.06. The third kappa shape index (κ3) is 4.09. The second kappa shape index (κ2) is 7.50. The summed E-state index contributed by atoms with van der Waals surface area (Å²) in [6.07, 6.45) is -1.15. The van der Waals surface area contributed by atoms with Gasteiger partial charge in [-0.15, -0.1) is 11.3 Å². The van der Waals surface area contributed by atoms with E-state index in [0.29, 0.717) is 10.1 Å². The predicted octanol–water partition coefficient (Wildman–Crippen LogP) is 4.13. The number of hydrogen-bond donors (Lipinski definition) is 1. The molecule has 0 saturated carbocycles. The quantitative estimate of drug-likeness (QED) is 0.402. The number of non-ortho nitro benzene ring substituents is 1. The summed E-state index contributed by atoms with van der Waals surface area (Å²) in [6, 6.07) is 11.3. The van der Waals surface area contributed by atoms with Crippen LogP contribution in [-0.4, -0.2) is 22.9 Å². The number of thiophene rings is 1. The van der Waals surface area contributed by atoms with E-state index in [0.717, 1.165) is 11.3 Å². The SMILES string of the molecule is CC(OC(=O)c1cc2c(F)cccc2s1)C(=O)Nc1cccc([N+](=O)[O-])c1. The molecule has 27 heavy (non-hydrogen) atoms. The minimum Gasteiger partial charge on any atom is -0.448 e. The highest BCUT2D eigenvalue weighted by molar-refractivity contribution is 7.20. The molecule has 7 nitrogen and oxygen atoms in total.